The number of fused-ring (bicyclic) bond motifs is 3. The molecule has 3 saturated heterocycles. The normalized spacial score (nSPS) is 37.8. The maximum absolute atomic E-state index is 6.38. The summed E-state index contributed by atoms with van der Waals surface area (Å²) in [7, 11) is 0. The van der Waals surface area contributed by atoms with Gasteiger partial charge in [-0.15, -0.1) is 0 Å². The minimum Gasteiger partial charge on any atom is -0.369 e. The molecular weight excluding hydrogens is 404 g/mol. The molecule has 5 atom stereocenters. The van der Waals surface area contributed by atoms with Gasteiger partial charge in [0, 0.05) is 49.4 Å². The summed E-state index contributed by atoms with van der Waals surface area (Å²) in [6, 6.07) is 8.14. The SMILES string of the molecule is CC1(C)O[C@H]2[C@@H](O1)[C@@H](CN1CCN(c3ccc(Cl)cc3)CC1)C[C@H]1OC(C)(C)O[C@@H]21. The number of hydrogen-bond acceptors (Lipinski definition) is 6. The highest BCUT2D eigenvalue weighted by atomic mass is 35.5. The lowest BCUT2D eigenvalue weighted by Crippen LogP contribution is -2.55. The van der Waals surface area contributed by atoms with Gasteiger partial charge in [0.1, 0.15) is 12.2 Å². The van der Waals surface area contributed by atoms with Gasteiger partial charge in [0.15, 0.2) is 11.6 Å². The maximum atomic E-state index is 6.38. The Morgan fingerprint density at radius 2 is 1.43 bits per heavy atom. The van der Waals surface area contributed by atoms with Crippen LogP contribution in [0.2, 0.25) is 5.02 Å². The van der Waals surface area contributed by atoms with Crippen molar-refractivity contribution in [1.82, 2.24) is 4.90 Å². The summed E-state index contributed by atoms with van der Waals surface area (Å²) in [4.78, 5) is 4.99. The van der Waals surface area contributed by atoms with Crippen LogP contribution in [0.5, 0.6) is 0 Å². The molecule has 3 heterocycles. The molecule has 0 spiro atoms. The quantitative estimate of drug-likeness (QED) is 0.722. The van der Waals surface area contributed by atoms with Crippen LogP contribution >= 0.6 is 11.6 Å². The predicted octanol–water partition coefficient (Wildman–Crippen LogP) is 3.52. The Kier molecular flexibility index (Phi) is 5.32. The molecule has 0 bridgehead atoms. The van der Waals surface area contributed by atoms with Gasteiger partial charge in [-0.2, -0.15) is 0 Å². The second-order valence-electron chi connectivity index (χ2n) is 9.96. The monoisotopic (exact) mass is 436 g/mol. The number of anilines is 1. The predicted molar refractivity (Wildman–Crippen MR) is 116 cm³/mol. The van der Waals surface area contributed by atoms with Gasteiger partial charge in [0.25, 0.3) is 0 Å². The fourth-order valence-electron chi connectivity index (χ4n) is 5.54. The van der Waals surface area contributed by atoms with Crippen LogP contribution in [-0.2, 0) is 18.9 Å². The highest BCUT2D eigenvalue weighted by Gasteiger charge is 2.59. The Labute approximate surface area is 184 Å². The van der Waals surface area contributed by atoms with Crippen molar-refractivity contribution >= 4 is 17.3 Å². The first-order chi connectivity index (χ1) is 14.2. The van der Waals surface area contributed by atoms with Crippen molar-refractivity contribution in [2.45, 2.75) is 70.1 Å². The second kappa shape index (κ2) is 7.61. The summed E-state index contributed by atoms with van der Waals surface area (Å²) >= 11 is 6.03. The number of hydrogen-bond donors (Lipinski definition) is 0. The number of nitrogens with zero attached hydrogens (tertiary/aromatic N) is 2. The summed E-state index contributed by atoms with van der Waals surface area (Å²) in [5.74, 6) is -0.765. The van der Waals surface area contributed by atoms with Crippen LogP contribution in [0.1, 0.15) is 34.1 Å². The summed E-state index contributed by atoms with van der Waals surface area (Å²) in [5, 5.41) is 0.783. The van der Waals surface area contributed by atoms with Gasteiger partial charge < -0.3 is 23.8 Å². The van der Waals surface area contributed by atoms with Crippen LogP contribution in [-0.4, -0.2) is 73.6 Å². The minimum atomic E-state index is -0.578. The first-order valence-electron chi connectivity index (χ1n) is 11.1. The van der Waals surface area contributed by atoms with Crippen molar-refractivity contribution in [2.75, 3.05) is 37.6 Å². The molecular formula is C23H33ClN2O4. The Morgan fingerprint density at radius 1 is 0.833 bits per heavy atom. The van der Waals surface area contributed by atoms with Crippen LogP contribution in [0, 0.1) is 5.92 Å². The zero-order valence-electron chi connectivity index (χ0n) is 18.3. The largest absolute Gasteiger partial charge is 0.369 e. The molecule has 1 aliphatic carbocycles. The zero-order valence-corrected chi connectivity index (χ0v) is 19.1. The van der Waals surface area contributed by atoms with Gasteiger partial charge in [-0.05, 0) is 58.4 Å². The van der Waals surface area contributed by atoms with Gasteiger partial charge in [-0.25, -0.2) is 0 Å². The van der Waals surface area contributed by atoms with E-state index >= 15 is 0 Å². The molecule has 1 saturated carbocycles. The van der Waals surface area contributed by atoms with Crippen molar-refractivity contribution < 1.29 is 18.9 Å². The summed E-state index contributed by atoms with van der Waals surface area (Å²) in [6.45, 7) is 13.1. The number of ether oxygens (including phenoxy) is 4. The molecule has 4 aliphatic rings. The van der Waals surface area contributed by atoms with Crippen LogP contribution < -0.4 is 4.90 Å². The third-order valence-electron chi connectivity index (χ3n) is 6.77. The fourth-order valence-corrected chi connectivity index (χ4v) is 5.67. The van der Waals surface area contributed by atoms with E-state index in [2.05, 4.69) is 21.9 Å². The summed E-state index contributed by atoms with van der Waals surface area (Å²) < 4.78 is 25.1. The smallest absolute Gasteiger partial charge is 0.163 e. The number of benzene rings is 1. The molecule has 166 valence electrons. The molecule has 1 aromatic rings. The van der Waals surface area contributed by atoms with E-state index in [4.69, 9.17) is 30.5 Å². The third kappa shape index (κ3) is 4.10. The van der Waals surface area contributed by atoms with Crippen molar-refractivity contribution in [3.05, 3.63) is 29.3 Å². The molecule has 0 N–H and O–H groups in total. The molecule has 5 rings (SSSR count). The molecule has 4 fully saturated rings. The van der Waals surface area contributed by atoms with Crippen LogP contribution in [0.4, 0.5) is 5.69 Å². The van der Waals surface area contributed by atoms with Crippen LogP contribution in [0.3, 0.4) is 0 Å². The fraction of sp³-hybridized carbons (Fsp3) is 0.739. The highest BCUT2D eigenvalue weighted by molar-refractivity contribution is 6.30. The minimum absolute atomic E-state index is 0.0491. The van der Waals surface area contributed by atoms with Crippen LogP contribution in [0.25, 0.3) is 0 Å². The number of halogens is 1. The molecule has 3 aliphatic heterocycles. The third-order valence-corrected chi connectivity index (χ3v) is 7.02. The van der Waals surface area contributed by atoms with E-state index in [1.54, 1.807) is 0 Å². The lowest BCUT2D eigenvalue weighted by Gasteiger charge is -2.42. The van der Waals surface area contributed by atoms with E-state index in [1.807, 2.05) is 39.8 Å². The molecule has 7 heteroatoms. The van der Waals surface area contributed by atoms with E-state index in [0.717, 1.165) is 44.2 Å². The zero-order chi connectivity index (χ0) is 21.1. The average Bonchev–Trinajstić information content (AvgIpc) is 3.17. The van der Waals surface area contributed by atoms with Gasteiger partial charge in [0.05, 0.1) is 12.2 Å². The van der Waals surface area contributed by atoms with E-state index in [1.165, 1.54) is 5.69 Å². The summed E-state index contributed by atoms with van der Waals surface area (Å²) in [6.07, 6.45) is 0.948. The number of rotatable bonds is 3. The molecule has 0 aromatic heterocycles. The number of piperazine rings is 1. The Bertz CT molecular complexity index is 763. The topological polar surface area (TPSA) is 43.4 Å². The molecule has 0 amide bonds. The highest BCUT2D eigenvalue weighted by Crippen LogP contribution is 2.47. The van der Waals surface area contributed by atoms with Crippen molar-refractivity contribution in [2.24, 2.45) is 5.92 Å². The Balaban J connectivity index is 1.24. The van der Waals surface area contributed by atoms with Gasteiger partial charge in [0.2, 0.25) is 0 Å². The maximum Gasteiger partial charge on any atom is 0.163 e. The van der Waals surface area contributed by atoms with Crippen molar-refractivity contribution in [3.63, 3.8) is 0 Å². The molecule has 0 unspecified atom stereocenters. The van der Waals surface area contributed by atoms with Crippen molar-refractivity contribution in [3.8, 4) is 0 Å². The lowest BCUT2D eigenvalue weighted by molar-refractivity contribution is -0.176. The van der Waals surface area contributed by atoms with E-state index in [0.29, 0.717) is 5.92 Å². The lowest BCUT2D eigenvalue weighted by atomic mass is 9.80. The molecule has 6 nitrogen and oxygen atoms in total. The van der Waals surface area contributed by atoms with Crippen molar-refractivity contribution in [1.29, 1.82) is 0 Å². The van der Waals surface area contributed by atoms with Crippen LogP contribution in [0.15, 0.2) is 24.3 Å². The first-order valence-corrected chi connectivity index (χ1v) is 11.5. The molecule has 0 radical (unpaired) electrons. The molecule has 1 aromatic carbocycles. The van der Waals surface area contributed by atoms with Gasteiger partial charge >= 0.3 is 0 Å². The van der Waals surface area contributed by atoms with Gasteiger partial charge in [-0.1, -0.05) is 11.6 Å². The van der Waals surface area contributed by atoms with Gasteiger partial charge in [-0.3, -0.25) is 4.90 Å². The van der Waals surface area contributed by atoms with E-state index < -0.39 is 11.6 Å². The van der Waals surface area contributed by atoms with E-state index in [-0.39, 0.29) is 24.4 Å². The molecule has 30 heavy (non-hydrogen) atoms. The first kappa shape index (κ1) is 21.0. The van der Waals surface area contributed by atoms with E-state index in [9.17, 15) is 0 Å². The Hall–Kier alpha value is -0.890. The Morgan fingerprint density at radius 3 is 2.13 bits per heavy atom. The second-order valence-corrected chi connectivity index (χ2v) is 10.4. The summed E-state index contributed by atoms with van der Waals surface area (Å²) in [5.41, 5.74) is 1.24. The average molecular weight is 437 g/mol. The standard InChI is InChI=1S/C23H33ClN2O4/c1-22(2)27-18-13-15(19-21(20(18)29-22)30-23(3,4)28-19)14-25-9-11-26(12-10-25)17-7-5-16(24)6-8-17/h5-8,15,18-21H,9-14H2,1-4H3/t15-,18-,19+,20-,21+/m1/s1.